The standard InChI is InChI=1S/C22H25N3O4/c1-14(2)20-13-23-21(29-20)16-6-8-17(9-7-16)25-22(26)24-12-15-5-10-18(27-3)19(11-15)28-4/h5-11,13-14H,12H2,1-4H3,(H2,24,25,26). The topological polar surface area (TPSA) is 85.6 Å². The molecule has 0 saturated heterocycles. The fourth-order valence-electron chi connectivity index (χ4n) is 2.73. The molecule has 7 nitrogen and oxygen atoms in total. The van der Waals surface area contributed by atoms with Gasteiger partial charge < -0.3 is 24.5 Å². The molecule has 0 radical (unpaired) electrons. The molecule has 3 aromatic rings. The van der Waals surface area contributed by atoms with Crippen molar-refractivity contribution in [2.45, 2.75) is 26.3 Å². The first-order valence-corrected chi connectivity index (χ1v) is 9.32. The number of nitrogens with one attached hydrogen (secondary N) is 2. The van der Waals surface area contributed by atoms with Crippen LogP contribution in [0.15, 0.2) is 53.1 Å². The number of benzene rings is 2. The summed E-state index contributed by atoms with van der Waals surface area (Å²) >= 11 is 0. The summed E-state index contributed by atoms with van der Waals surface area (Å²) in [5.74, 6) is 2.96. The number of carbonyl (C=O) groups excluding carboxylic acids is 1. The third-order valence-electron chi connectivity index (χ3n) is 4.38. The third-order valence-corrected chi connectivity index (χ3v) is 4.38. The van der Waals surface area contributed by atoms with Crippen LogP contribution in [0.5, 0.6) is 11.5 Å². The molecule has 7 heteroatoms. The van der Waals surface area contributed by atoms with Crippen LogP contribution in [0.1, 0.15) is 31.1 Å². The molecular weight excluding hydrogens is 370 g/mol. The van der Waals surface area contributed by atoms with Gasteiger partial charge in [-0.2, -0.15) is 0 Å². The van der Waals surface area contributed by atoms with Crippen molar-refractivity contribution in [3.63, 3.8) is 0 Å². The molecule has 1 aromatic heterocycles. The van der Waals surface area contributed by atoms with Crippen molar-refractivity contribution in [3.8, 4) is 23.0 Å². The lowest BCUT2D eigenvalue weighted by Gasteiger charge is -2.11. The lowest BCUT2D eigenvalue weighted by Crippen LogP contribution is -2.28. The first kappa shape index (κ1) is 20.3. The van der Waals surface area contributed by atoms with Gasteiger partial charge >= 0.3 is 6.03 Å². The second kappa shape index (κ2) is 9.14. The van der Waals surface area contributed by atoms with Crippen molar-refractivity contribution in [1.29, 1.82) is 0 Å². The van der Waals surface area contributed by atoms with Gasteiger partial charge in [0.2, 0.25) is 5.89 Å². The highest BCUT2D eigenvalue weighted by Crippen LogP contribution is 2.27. The van der Waals surface area contributed by atoms with Crippen molar-refractivity contribution in [2.75, 3.05) is 19.5 Å². The zero-order valence-corrected chi connectivity index (χ0v) is 17.0. The number of nitrogens with zero attached hydrogens (tertiary/aromatic N) is 1. The lowest BCUT2D eigenvalue weighted by atomic mass is 10.2. The molecule has 0 spiro atoms. The number of anilines is 1. The van der Waals surface area contributed by atoms with E-state index in [0.717, 1.165) is 16.9 Å². The number of amides is 2. The van der Waals surface area contributed by atoms with Crippen LogP contribution in [-0.2, 0) is 6.54 Å². The van der Waals surface area contributed by atoms with E-state index in [0.29, 0.717) is 29.6 Å². The highest BCUT2D eigenvalue weighted by atomic mass is 16.5. The molecule has 2 N–H and O–H groups in total. The fourth-order valence-corrected chi connectivity index (χ4v) is 2.73. The van der Waals surface area contributed by atoms with Crippen LogP contribution in [0, 0.1) is 0 Å². The summed E-state index contributed by atoms with van der Waals surface area (Å²) in [6, 6.07) is 12.5. The summed E-state index contributed by atoms with van der Waals surface area (Å²) in [5.41, 5.74) is 2.43. The van der Waals surface area contributed by atoms with Gasteiger partial charge in [0.1, 0.15) is 5.76 Å². The Morgan fingerprint density at radius 2 is 1.79 bits per heavy atom. The smallest absolute Gasteiger partial charge is 0.319 e. The number of hydrogen-bond donors (Lipinski definition) is 2. The van der Waals surface area contributed by atoms with Crippen molar-refractivity contribution in [2.24, 2.45) is 0 Å². The first-order chi connectivity index (χ1) is 14.0. The van der Waals surface area contributed by atoms with Gasteiger partial charge in [0, 0.05) is 23.7 Å². The zero-order chi connectivity index (χ0) is 20.8. The van der Waals surface area contributed by atoms with Crippen LogP contribution < -0.4 is 20.1 Å². The molecule has 29 heavy (non-hydrogen) atoms. The summed E-state index contributed by atoms with van der Waals surface area (Å²) in [7, 11) is 3.16. The van der Waals surface area contributed by atoms with Gasteiger partial charge in [0.15, 0.2) is 11.5 Å². The van der Waals surface area contributed by atoms with Crippen LogP contribution in [0.3, 0.4) is 0 Å². The Labute approximate surface area is 170 Å². The Kier molecular flexibility index (Phi) is 6.39. The van der Waals surface area contributed by atoms with E-state index in [1.807, 2.05) is 36.4 Å². The molecule has 0 unspecified atom stereocenters. The maximum atomic E-state index is 12.2. The maximum absolute atomic E-state index is 12.2. The van der Waals surface area contributed by atoms with E-state index < -0.39 is 0 Å². The number of methoxy groups -OCH3 is 2. The number of carbonyl (C=O) groups is 1. The SMILES string of the molecule is COc1ccc(CNC(=O)Nc2ccc(-c3ncc(C(C)C)o3)cc2)cc1OC. The molecule has 2 amide bonds. The predicted octanol–water partition coefficient (Wildman–Crippen LogP) is 4.80. The van der Waals surface area contributed by atoms with Crippen molar-refractivity contribution < 1.29 is 18.7 Å². The molecule has 0 atom stereocenters. The van der Waals surface area contributed by atoms with Crippen LogP contribution in [0.25, 0.3) is 11.5 Å². The van der Waals surface area contributed by atoms with Gasteiger partial charge in [0.05, 0.1) is 20.4 Å². The fraction of sp³-hybridized carbons (Fsp3) is 0.273. The third kappa shape index (κ3) is 5.07. The number of hydrogen-bond acceptors (Lipinski definition) is 5. The highest BCUT2D eigenvalue weighted by molar-refractivity contribution is 5.89. The number of aromatic nitrogens is 1. The van der Waals surface area contributed by atoms with E-state index in [2.05, 4.69) is 29.5 Å². The van der Waals surface area contributed by atoms with Gasteiger partial charge in [-0.25, -0.2) is 9.78 Å². The highest BCUT2D eigenvalue weighted by Gasteiger charge is 2.10. The minimum Gasteiger partial charge on any atom is -0.493 e. The number of ether oxygens (including phenoxy) is 2. The molecule has 2 aromatic carbocycles. The summed E-state index contributed by atoms with van der Waals surface area (Å²) in [6.45, 7) is 4.47. The number of rotatable bonds is 7. The van der Waals surface area contributed by atoms with E-state index in [1.54, 1.807) is 26.5 Å². The zero-order valence-electron chi connectivity index (χ0n) is 17.0. The van der Waals surface area contributed by atoms with E-state index in [-0.39, 0.29) is 11.9 Å². The molecular formula is C22H25N3O4. The predicted molar refractivity (Wildman–Crippen MR) is 111 cm³/mol. The van der Waals surface area contributed by atoms with E-state index in [4.69, 9.17) is 13.9 Å². The summed E-state index contributed by atoms with van der Waals surface area (Å²) in [6.07, 6.45) is 1.74. The minimum absolute atomic E-state index is 0.284. The first-order valence-electron chi connectivity index (χ1n) is 9.32. The largest absolute Gasteiger partial charge is 0.493 e. The van der Waals surface area contributed by atoms with Crippen molar-refractivity contribution >= 4 is 11.7 Å². The van der Waals surface area contributed by atoms with Crippen molar-refractivity contribution in [3.05, 3.63) is 60.0 Å². The van der Waals surface area contributed by atoms with E-state index >= 15 is 0 Å². The Morgan fingerprint density at radius 3 is 2.41 bits per heavy atom. The second-order valence-corrected chi connectivity index (χ2v) is 6.80. The summed E-state index contributed by atoms with van der Waals surface area (Å²) < 4.78 is 16.2. The average Bonchev–Trinajstić information content (AvgIpc) is 3.23. The maximum Gasteiger partial charge on any atom is 0.319 e. The Bertz CT molecular complexity index is 964. The van der Waals surface area contributed by atoms with Crippen LogP contribution in [0.4, 0.5) is 10.5 Å². The molecule has 0 aliphatic carbocycles. The van der Waals surface area contributed by atoms with Crippen LogP contribution >= 0.6 is 0 Å². The number of urea groups is 1. The Balaban J connectivity index is 1.56. The molecule has 152 valence electrons. The van der Waals surface area contributed by atoms with Crippen molar-refractivity contribution in [1.82, 2.24) is 10.3 Å². The quantitative estimate of drug-likeness (QED) is 0.600. The molecule has 0 fully saturated rings. The van der Waals surface area contributed by atoms with Gasteiger partial charge in [0.25, 0.3) is 0 Å². The Hall–Kier alpha value is -3.48. The Morgan fingerprint density at radius 1 is 1.07 bits per heavy atom. The molecule has 0 bridgehead atoms. The summed E-state index contributed by atoms with van der Waals surface area (Å²) in [5, 5.41) is 5.63. The van der Waals surface area contributed by atoms with Crippen LogP contribution in [-0.4, -0.2) is 25.2 Å². The molecule has 0 aliphatic heterocycles. The molecule has 0 aliphatic rings. The molecule has 1 heterocycles. The normalized spacial score (nSPS) is 10.7. The summed E-state index contributed by atoms with van der Waals surface area (Å²) in [4.78, 5) is 16.5. The molecule has 0 saturated carbocycles. The van der Waals surface area contributed by atoms with E-state index in [9.17, 15) is 4.79 Å². The average molecular weight is 395 g/mol. The second-order valence-electron chi connectivity index (χ2n) is 6.80. The monoisotopic (exact) mass is 395 g/mol. The van der Waals surface area contributed by atoms with Gasteiger partial charge in [-0.3, -0.25) is 0 Å². The molecule has 3 rings (SSSR count). The lowest BCUT2D eigenvalue weighted by molar-refractivity contribution is 0.251. The van der Waals surface area contributed by atoms with Crippen LogP contribution in [0.2, 0.25) is 0 Å². The minimum atomic E-state index is -0.300. The van der Waals surface area contributed by atoms with E-state index in [1.165, 1.54) is 0 Å². The van der Waals surface area contributed by atoms with Gasteiger partial charge in [-0.15, -0.1) is 0 Å². The van der Waals surface area contributed by atoms with Gasteiger partial charge in [-0.05, 0) is 42.0 Å². The number of oxazole rings is 1. The van der Waals surface area contributed by atoms with Gasteiger partial charge in [-0.1, -0.05) is 19.9 Å².